The van der Waals surface area contributed by atoms with Crippen LogP contribution in [0.3, 0.4) is 0 Å². The first-order chi connectivity index (χ1) is 43.4. The third-order valence-corrected chi connectivity index (χ3v) is 16.3. The Balaban J connectivity index is -0.0000000566. The standard InChI is InChI=1S/C12H14.C10H10O2.C10H22OSi2.C8H10.2C5H10N2O2.2C5H8O4.C4H10.C4H8.C4H6.8CH4/c1-3-6-11-8-5-9-12(10-11)7-4-2;1-7(11)9-4-3-5-10(6-9)8(2)12;1-7-9-12(3,4)11-13(5,6)10-8-2;1-7-4-3-5-8(2)6-7;1-6-4(8)3-5(9)7-2;1-4(8)6-3-7-5(2)9;2*1-4(6)8-3-9-5(2)7;3*1-3-4-2;;;;;;;;/h3-10H,1-2H3;3-6H,1-2H3;7-10H,1-6H3;3-6H,1-2H3;2*3H2,1-2H3,(H,6,8)(H,7,9);2*3H2,1-2H3;3-4H2,1-2H3;3-4H,1-2H3;1-2H3;8*1H4/b;;9-7+,10-8+;;;;;;;;;;;;;;;;. The highest BCUT2D eigenvalue weighted by Crippen LogP contribution is 2.16. The van der Waals surface area contributed by atoms with Crippen molar-refractivity contribution in [3.8, 4) is 11.8 Å². The number of amides is 4. The van der Waals surface area contributed by atoms with Crippen LogP contribution in [0.4, 0.5) is 0 Å². The highest BCUT2D eigenvalue weighted by Gasteiger charge is 2.28. The third kappa shape index (κ3) is 119. The van der Waals surface area contributed by atoms with E-state index in [1.807, 2.05) is 53.7 Å². The van der Waals surface area contributed by atoms with Gasteiger partial charge in [0.2, 0.25) is 37.2 Å². The molecule has 0 radical (unpaired) electrons. The van der Waals surface area contributed by atoms with Gasteiger partial charge in [0.1, 0.15) is 6.42 Å². The van der Waals surface area contributed by atoms with E-state index in [1.54, 1.807) is 24.3 Å². The molecule has 0 aliphatic heterocycles. The molecule has 0 aliphatic carbocycles. The van der Waals surface area contributed by atoms with E-state index in [1.165, 1.54) is 105 Å². The molecule has 0 spiro atoms. The Morgan fingerprint density at radius 2 is 0.713 bits per heavy atom. The van der Waals surface area contributed by atoms with E-state index in [0.29, 0.717) is 11.1 Å². The summed E-state index contributed by atoms with van der Waals surface area (Å²) in [4.78, 5) is 103. The number of benzene rings is 3. The fourth-order valence-electron chi connectivity index (χ4n) is 5.47. The van der Waals surface area contributed by atoms with E-state index in [4.69, 9.17) is 4.12 Å². The Bertz CT molecular complexity index is 2540. The lowest BCUT2D eigenvalue weighted by atomic mass is 10.1. The van der Waals surface area contributed by atoms with Crippen LogP contribution in [-0.4, -0.2) is 110 Å². The molecule has 0 bridgehead atoms. The number of nitrogens with one attached hydrogen (secondary N) is 4. The van der Waals surface area contributed by atoms with Gasteiger partial charge in [-0.15, -0.1) is 11.8 Å². The van der Waals surface area contributed by atoms with Crippen LogP contribution in [0.2, 0.25) is 26.2 Å². The fourth-order valence-corrected chi connectivity index (χ4v) is 13.0. The lowest BCUT2D eigenvalue weighted by Gasteiger charge is -2.29. The van der Waals surface area contributed by atoms with Gasteiger partial charge in [-0.1, -0.05) is 218 Å². The van der Waals surface area contributed by atoms with Crippen molar-refractivity contribution < 1.29 is 71.0 Å². The van der Waals surface area contributed by atoms with E-state index in [9.17, 15) is 47.9 Å². The molecule has 19 nitrogen and oxygen atoms in total. The molecule has 0 fully saturated rings. The topological polar surface area (TPSA) is 265 Å². The zero-order valence-electron chi connectivity index (χ0n) is 61.1. The molecule has 0 aromatic heterocycles. The summed E-state index contributed by atoms with van der Waals surface area (Å²) in [5, 5.41) is 9.47. The average Bonchev–Trinajstić information content (AvgIpc) is 0.909. The smallest absolute Gasteiger partial charge is 0.305 e. The lowest BCUT2D eigenvalue weighted by Crippen LogP contribution is -2.42. The van der Waals surface area contributed by atoms with Crippen LogP contribution in [0.5, 0.6) is 0 Å². The molecule has 0 saturated carbocycles. The molecule has 0 atom stereocenters. The SMILES string of the molecule is C.C.C.C.C.C.C.C.C/C=C/[Si](C)(C)O[Si](C)(C)/C=C/C.CC#CC.CC(=O)NCNC(C)=O.CC(=O)OCOC(C)=O.CC(=O)OCOC(C)=O.CC(=O)c1cccc(C(C)=O)c1.CC=CC.CC=Cc1cccc(C=CC)c1.CCCC.CNC(=O)CC(=O)NC.Cc1cccc(C)c1. The number of hydrogen-bond donors (Lipinski definition) is 4. The van der Waals surface area contributed by atoms with Gasteiger partial charge in [-0.25, -0.2) is 0 Å². The van der Waals surface area contributed by atoms with Crippen LogP contribution in [0.25, 0.3) is 12.2 Å². The molecule has 21 heteroatoms. The minimum atomic E-state index is -1.55. The number of carbonyl (C=O) groups is 10. The van der Waals surface area contributed by atoms with Crippen LogP contribution in [-0.2, 0) is 61.4 Å². The van der Waals surface area contributed by atoms with Crippen LogP contribution < -0.4 is 21.3 Å². The van der Waals surface area contributed by atoms with Crippen molar-refractivity contribution in [3.63, 3.8) is 0 Å². The number of esters is 4. The zero-order chi connectivity index (χ0) is 73.8. The first-order valence-corrected chi connectivity index (χ1v) is 36.2. The summed E-state index contributed by atoms with van der Waals surface area (Å²) in [6.45, 7) is 43.7. The Morgan fingerprint density at radius 3 is 0.911 bits per heavy atom. The summed E-state index contributed by atoms with van der Waals surface area (Å²) in [7, 11) is -0.109. The normalized spacial score (nSPS) is 8.85. The minimum Gasteiger partial charge on any atom is -0.449 e. The van der Waals surface area contributed by atoms with Gasteiger partial charge in [-0.3, -0.25) is 47.9 Å². The van der Waals surface area contributed by atoms with Gasteiger partial charge < -0.3 is 44.3 Å². The van der Waals surface area contributed by atoms with Gasteiger partial charge in [0.05, 0.1) is 6.67 Å². The molecule has 3 aromatic carbocycles. The molecule has 3 aromatic rings. The average molecular weight is 1460 g/mol. The molecule has 0 heterocycles. The molecule has 3 rings (SSSR count). The quantitative estimate of drug-likeness (QED) is 0.0186. The van der Waals surface area contributed by atoms with Gasteiger partial charge >= 0.3 is 23.9 Å². The molecule has 0 saturated heterocycles. The monoisotopic (exact) mass is 1460 g/mol. The largest absolute Gasteiger partial charge is 0.449 e. The number of ketones is 2. The van der Waals surface area contributed by atoms with Crippen molar-refractivity contribution in [2.24, 2.45) is 0 Å². The van der Waals surface area contributed by atoms with Crippen molar-refractivity contribution in [1.29, 1.82) is 0 Å². The molecule has 0 aliphatic rings. The Hall–Kier alpha value is -8.59. The van der Waals surface area contributed by atoms with Crippen LogP contribution in [0.1, 0.15) is 246 Å². The maximum Gasteiger partial charge on any atom is 0.305 e. The van der Waals surface area contributed by atoms with Crippen LogP contribution >= 0.6 is 0 Å². The van der Waals surface area contributed by atoms with E-state index in [0.717, 1.165) is 0 Å². The number of rotatable bonds is 17. The predicted octanol–water partition coefficient (Wildman–Crippen LogP) is 19.5. The summed E-state index contributed by atoms with van der Waals surface area (Å²) in [5.41, 5.74) is 10.8. The zero-order valence-corrected chi connectivity index (χ0v) is 63.1. The predicted molar refractivity (Wildman–Crippen MR) is 440 cm³/mol. The number of aryl methyl sites for hydroxylation is 2. The third-order valence-electron chi connectivity index (χ3n) is 9.83. The number of unbranched alkanes of at least 4 members (excludes halogenated alkanes) is 1. The Labute approximate surface area is 620 Å². The lowest BCUT2D eigenvalue weighted by molar-refractivity contribution is -0.165. The summed E-state index contributed by atoms with van der Waals surface area (Å²) in [6, 6.07) is 23.6. The minimum absolute atomic E-state index is 0. The summed E-state index contributed by atoms with van der Waals surface area (Å²) in [5.74, 6) is 2.65. The fraction of sp³-hybridized carbons (Fsp3) is 0.500. The maximum absolute atomic E-state index is 10.9. The summed E-state index contributed by atoms with van der Waals surface area (Å²) >= 11 is 0. The van der Waals surface area contributed by atoms with Gasteiger partial charge in [-0.05, 0) is 133 Å². The molecule has 4 amide bonds. The number of Topliss-reactive ketones (excluding diaryl/α,β-unsaturated/α-hetero) is 2. The molecule has 0 unspecified atom stereocenters. The molecule has 101 heavy (non-hydrogen) atoms. The Kier molecular flexibility index (Phi) is 120. The molecular weight excluding hydrogens is 1310 g/mol. The maximum atomic E-state index is 10.9. The van der Waals surface area contributed by atoms with E-state index in [2.05, 4.69) is 216 Å². The molecular formula is C80H148N4O15Si2. The number of hydrogen-bond acceptors (Lipinski definition) is 15. The second kappa shape index (κ2) is 91.4. The first kappa shape index (κ1) is 132. The van der Waals surface area contributed by atoms with Gasteiger partial charge in [-0.2, -0.15) is 0 Å². The van der Waals surface area contributed by atoms with Crippen molar-refractivity contribution in [2.75, 3.05) is 34.3 Å². The summed E-state index contributed by atoms with van der Waals surface area (Å²) < 4.78 is 23.3. The summed E-state index contributed by atoms with van der Waals surface area (Å²) in [6.07, 6.45) is 19.1. The number of ether oxygens (including phenoxy) is 4. The molecule has 586 valence electrons. The van der Waals surface area contributed by atoms with Crippen molar-refractivity contribution in [2.45, 2.75) is 243 Å². The van der Waals surface area contributed by atoms with Crippen molar-refractivity contribution >= 4 is 87.9 Å². The van der Waals surface area contributed by atoms with Crippen molar-refractivity contribution in [3.05, 3.63) is 154 Å². The van der Waals surface area contributed by atoms with Gasteiger partial charge in [0.25, 0.3) is 0 Å². The van der Waals surface area contributed by atoms with E-state index in [-0.39, 0.29) is 121 Å². The van der Waals surface area contributed by atoms with Gasteiger partial charge in [0.15, 0.2) is 28.2 Å². The van der Waals surface area contributed by atoms with Crippen LogP contribution in [0.15, 0.2) is 121 Å². The molecule has 4 N–H and O–H groups in total. The number of carbonyl (C=O) groups excluding carboxylic acids is 10. The highest BCUT2D eigenvalue weighted by atomic mass is 28.4. The Morgan fingerprint density at radius 1 is 0.426 bits per heavy atom. The second-order valence-electron chi connectivity index (χ2n) is 19.9. The van der Waals surface area contributed by atoms with Gasteiger partial charge in [0, 0.05) is 66.8 Å². The highest BCUT2D eigenvalue weighted by molar-refractivity contribution is 6.89. The van der Waals surface area contributed by atoms with E-state index >= 15 is 0 Å². The number of allylic oxidation sites excluding steroid dienone is 6. The van der Waals surface area contributed by atoms with Crippen LogP contribution in [0, 0.1) is 25.7 Å². The van der Waals surface area contributed by atoms with Crippen molar-refractivity contribution in [1.82, 2.24) is 21.3 Å². The van der Waals surface area contributed by atoms with E-state index < -0.39 is 40.5 Å². The second-order valence-corrected chi connectivity index (χ2v) is 27.8. The first-order valence-electron chi connectivity index (χ1n) is 30.2.